The Labute approximate surface area is 209 Å². The third-order valence-electron chi connectivity index (χ3n) is 5.10. The Hall–Kier alpha value is -3.30. The molecule has 180 valence electrons. The van der Waals surface area contributed by atoms with E-state index in [1.54, 1.807) is 0 Å². The second-order valence-corrected chi connectivity index (χ2v) is 9.11. The second-order valence-electron chi connectivity index (χ2n) is 7.76. The molecule has 1 aromatic heterocycles. The number of rotatable bonds is 7. The first-order chi connectivity index (χ1) is 16.7. The van der Waals surface area contributed by atoms with Gasteiger partial charge in [-0.15, -0.1) is 10.2 Å². The van der Waals surface area contributed by atoms with Crippen LogP contribution in [0.1, 0.15) is 22.5 Å². The summed E-state index contributed by atoms with van der Waals surface area (Å²) >= 11 is 7.12. The second kappa shape index (κ2) is 10.5. The van der Waals surface area contributed by atoms with E-state index >= 15 is 0 Å². The van der Waals surface area contributed by atoms with Crippen molar-refractivity contribution in [2.24, 2.45) is 0 Å². The number of carbonyl (C=O) groups is 1. The van der Waals surface area contributed by atoms with Gasteiger partial charge in [-0.3, -0.25) is 9.36 Å². The predicted octanol–water partition coefficient (Wildman–Crippen LogP) is 6.57. The SMILES string of the molecule is Cc1ccc(-n2c(Cc3ccccc3)nnc2SCC(=O)Nc2cc(C(F)(F)F)ccc2Cl)cc1. The van der Waals surface area contributed by atoms with Gasteiger partial charge in [0.15, 0.2) is 5.16 Å². The van der Waals surface area contributed by atoms with Crippen molar-refractivity contribution in [3.8, 4) is 5.69 Å². The van der Waals surface area contributed by atoms with Crippen LogP contribution >= 0.6 is 23.4 Å². The Balaban J connectivity index is 1.54. The van der Waals surface area contributed by atoms with Crippen LogP contribution in [0.2, 0.25) is 5.02 Å². The Morgan fingerprint density at radius 3 is 2.43 bits per heavy atom. The van der Waals surface area contributed by atoms with Crippen molar-refractivity contribution in [1.82, 2.24) is 14.8 Å². The summed E-state index contributed by atoms with van der Waals surface area (Å²) in [5.41, 5.74) is 2.00. The van der Waals surface area contributed by atoms with Crippen molar-refractivity contribution in [3.05, 3.63) is 100 Å². The molecule has 0 unspecified atom stereocenters. The smallest absolute Gasteiger partial charge is 0.324 e. The van der Waals surface area contributed by atoms with E-state index in [9.17, 15) is 18.0 Å². The Morgan fingerprint density at radius 1 is 1.03 bits per heavy atom. The first-order valence-corrected chi connectivity index (χ1v) is 11.9. The number of nitrogens with one attached hydrogen (secondary N) is 1. The highest BCUT2D eigenvalue weighted by Crippen LogP contribution is 2.34. The lowest BCUT2D eigenvalue weighted by atomic mass is 10.1. The molecule has 35 heavy (non-hydrogen) atoms. The van der Waals surface area contributed by atoms with E-state index in [2.05, 4.69) is 15.5 Å². The van der Waals surface area contributed by atoms with Crippen LogP contribution in [0.5, 0.6) is 0 Å². The number of aromatic nitrogens is 3. The van der Waals surface area contributed by atoms with E-state index in [1.807, 2.05) is 66.1 Å². The summed E-state index contributed by atoms with van der Waals surface area (Å²) in [4.78, 5) is 12.6. The molecule has 1 N–H and O–H groups in total. The van der Waals surface area contributed by atoms with Crippen molar-refractivity contribution in [1.29, 1.82) is 0 Å². The van der Waals surface area contributed by atoms with Crippen LogP contribution in [0.15, 0.2) is 78.0 Å². The van der Waals surface area contributed by atoms with Gasteiger partial charge in [0.1, 0.15) is 5.82 Å². The summed E-state index contributed by atoms with van der Waals surface area (Å²) in [6.07, 6.45) is -4.01. The molecule has 0 atom stereocenters. The molecule has 5 nitrogen and oxygen atoms in total. The van der Waals surface area contributed by atoms with E-state index < -0.39 is 17.6 Å². The van der Waals surface area contributed by atoms with E-state index in [0.29, 0.717) is 17.4 Å². The van der Waals surface area contributed by atoms with Crippen LogP contribution in [0.25, 0.3) is 5.69 Å². The zero-order valence-corrected chi connectivity index (χ0v) is 20.1. The highest BCUT2D eigenvalue weighted by atomic mass is 35.5. The molecule has 0 saturated heterocycles. The summed E-state index contributed by atoms with van der Waals surface area (Å²) in [5.74, 6) is 0.0882. The summed E-state index contributed by atoms with van der Waals surface area (Å²) in [7, 11) is 0. The van der Waals surface area contributed by atoms with Gasteiger partial charge in [-0.05, 0) is 42.8 Å². The minimum atomic E-state index is -4.54. The molecule has 1 amide bonds. The number of aryl methyl sites for hydroxylation is 1. The zero-order chi connectivity index (χ0) is 25.0. The minimum Gasteiger partial charge on any atom is -0.324 e. The van der Waals surface area contributed by atoms with E-state index in [0.717, 1.165) is 46.8 Å². The fourth-order valence-corrected chi connectivity index (χ4v) is 4.29. The largest absolute Gasteiger partial charge is 0.416 e. The molecule has 0 spiro atoms. The van der Waals surface area contributed by atoms with Crippen molar-refractivity contribution in [2.75, 3.05) is 11.1 Å². The number of alkyl halides is 3. The van der Waals surface area contributed by atoms with Gasteiger partial charge in [0.2, 0.25) is 5.91 Å². The maximum atomic E-state index is 13.0. The number of benzene rings is 3. The van der Waals surface area contributed by atoms with E-state index in [1.165, 1.54) is 0 Å². The molecule has 4 rings (SSSR count). The van der Waals surface area contributed by atoms with Crippen molar-refractivity contribution >= 4 is 35.0 Å². The minimum absolute atomic E-state index is 0.0179. The zero-order valence-electron chi connectivity index (χ0n) is 18.5. The molecular weight excluding hydrogens is 497 g/mol. The van der Waals surface area contributed by atoms with Gasteiger partial charge in [-0.2, -0.15) is 13.2 Å². The number of thioether (sulfide) groups is 1. The number of nitrogens with zero attached hydrogens (tertiary/aromatic N) is 3. The van der Waals surface area contributed by atoms with Crippen LogP contribution < -0.4 is 5.32 Å². The van der Waals surface area contributed by atoms with Crippen LogP contribution in [0, 0.1) is 6.92 Å². The molecular formula is C25H20ClF3N4OS. The first kappa shape index (κ1) is 24.8. The summed E-state index contributed by atoms with van der Waals surface area (Å²) in [5, 5.41) is 11.6. The summed E-state index contributed by atoms with van der Waals surface area (Å²) in [6, 6.07) is 20.4. The lowest BCUT2D eigenvalue weighted by Gasteiger charge is -2.12. The quantitative estimate of drug-likeness (QED) is 0.282. The number of anilines is 1. The van der Waals surface area contributed by atoms with Gasteiger partial charge >= 0.3 is 6.18 Å². The van der Waals surface area contributed by atoms with E-state index in [-0.39, 0.29) is 16.5 Å². The van der Waals surface area contributed by atoms with Gasteiger partial charge in [0.25, 0.3) is 0 Å². The van der Waals surface area contributed by atoms with Crippen LogP contribution in [-0.2, 0) is 17.4 Å². The number of carbonyl (C=O) groups excluding carboxylic acids is 1. The maximum Gasteiger partial charge on any atom is 0.416 e. The molecule has 0 aliphatic rings. The van der Waals surface area contributed by atoms with Crippen molar-refractivity contribution in [2.45, 2.75) is 24.7 Å². The lowest BCUT2D eigenvalue weighted by Crippen LogP contribution is -2.16. The normalized spacial score (nSPS) is 11.5. The molecule has 0 radical (unpaired) electrons. The molecule has 4 aromatic rings. The third-order valence-corrected chi connectivity index (χ3v) is 6.36. The van der Waals surface area contributed by atoms with Gasteiger partial charge in [-0.1, -0.05) is 71.4 Å². The molecule has 0 aliphatic carbocycles. The fourth-order valence-electron chi connectivity index (χ4n) is 3.35. The molecule has 0 fully saturated rings. The van der Waals surface area contributed by atoms with Crippen LogP contribution in [-0.4, -0.2) is 26.4 Å². The average molecular weight is 517 g/mol. The van der Waals surface area contributed by atoms with Crippen molar-refractivity contribution in [3.63, 3.8) is 0 Å². The van der Waals surface area contributed by atoms with Crippen LogP contribution in [0.4, 0.5) is 18.9 Å². The average Bonchev–Trinajstić information content (AvgIpc) is 3.22. The summed E-state index contributed by atoms with van der Waals surface area (Å²) < 4.78 is 40.9. The molecule has 0 aliphatic heterocycles. The molecule has 10 heteroatoms. The maximum absolute atomic E-state index is 13.0. The highest BCUT2D eigenvalue weighted by Gasteiger charge is 2.31. The molecule has 1 heterocycles. The monoisotopic (exact) mass is 516 g/mol. The standard InChI is InChI=1S/C25H20ClF3N4OS/c1-16-7-10-19(11-8-16)33-22(13-17-5-3-2-4-6-17)31-32-24(33)35-15-23(34)30-21-14-18(25(27,28)29)9-12-20(21)26/h2-12,14H,13,15H2,1H3,(H,30,34). The number of amides is 1. The fraction of sp³-hybridized carbons (Fsp3) is 0.160. The molecule has 3 aromatic carbocycles. The number of halogens is 4. The summed E-state index contributed by atoms with van der Waals surface area (Å²) in [6.45, 7) is 1.99. The highest BCUT2D eigenvalue weighted by molar-refractivity contribution is 7.99. The van der Waals surface area contributed by atoms with Gasteiger partial charge in [-0.25, -0.2) is 0 Å². The Bertz CT molecular complexity index is 1330. The predicted molar refractivity (Wildman–Crippen MR) is 131 cm³/mol. The number of hydrogen-bond donors (Lipinski definition) is 1. The van der Waals surface area contributed by atoms with Gasteiger partial charge in [0.05, 0.1) is 22.0 Å². The van der Waals surface area contributed by atoms with Gasteiger partial charge in [0, 0.05) is 12.1 Å². The molecule has 0 saturated carbocycles. The van der Waals surface area contributed by atoms with Gasteiger partial charge < -0.3 is 5.32 Å². The Morgan fingerprint density at radius 2 is 1.74 bits per heavy atom. The Kier molecular flexibility index (Phi) is 7.47. The van der Waals surface area contributed by atoms with Crippen LogP contribution in [0.3, 0.4) is 0 Å². The first-order valence-electron chi connectivity index (χ1n) is 10.6. The van der Waals surface area contributed by atoms with Crippen molar-refractivity contribution < 1.29 is 18.0 Å². The molecule has 0 bridgehead atoms. The lowest BCUT2D eigenvalue weighted by molar-refractivity contribution is -0.137. The number of hydrogen-bond acceptors (Lipinski definition) is 4. The third kappa shape index (κ3) is 6.23. The van der Waals surface area contributed by atoms with E-state index in [4.69, 9.17) is 11.6 Å². The topological polar surface area (TPSA) is 59.8 Å².